The summed E-state index contributed by atoms with van der Waals surface area (Å²) in [6.07, 6.45) is 4.35. The second-order valence-electron chi connectivity index (χ2n) is 7.98. The van der Waals surface area contributed by atoms with Crippen LogP contribution in [0, 0.1) is 0 Å². The summed E-state index contributed by atoms with van der Waals surface area (Å²) < 4.78 is 0. The fourth-order valence-electron chi connectivity index (χ4n) is 4.19. The van der Waals surface area contributed by atoms with Crippen molar-refractivity contribution in [3.05, 3.63) is 70.2 Å². The van der Waals surface area contributed by atoms with Gasteiger partial charge in [0.1, 0.15) is 0 Å². The average molecular weight is 421 g/mol. The molecule has 1 aromatic heterocycles. The van der Waals surface area contributed by atoms with E-state index in [1.807, 2.05) is 24.3 Å². The standard InChI is InChI=1S/C23H25ClN6/c24-19-9-7-16(8-10-19)15-25-21-27-22(29-23(28-21)30-11-3-4-12-30)26-20-13-17-5-1-2-6-18(17)14-20/h1-2,5-10,20H,3-4,11-15H2,(H2,25,26,27,28,29). The van der Waals surface area contributed by atoms with Crippen LogP contribution in [0.4, 0.5) is 17.8 Å². The molecule has 1 saturated heterocycles. The van der Waals surface area contributed by atoms with Crippen LogP contribution in [0.15, 0.2) is 48.5 Å². The Morgan fingerprint density at radius 3 is 2.23 bits per heavy atom. The molecule has 3 aromatic rings. The quantitative estimate of drug-likeness (QED) is 0.619. The van der Waals surface area contributed by atoms with E-state index in [4.69, 9.17) is 16.6 Å². The first-order valence-electron chi connectivity index (χ1n) is 10.6. The molecule has 2 aliphatic rings. The lowest BCUT2D eigenvalue weighted by molar-refractivity contribution is 0.756. The summed E-state index contributed by atoms with van der Waals surface area (Å²) in [7, 11) is 0. The Morgan fingerprint density at radius 2 is 1.53 bits per heavy atom. The largest absolute Gasteiger partial charge is 0.351 e. The second kappa shape index (κ2) is 8.48. The van der Waals surface area contributed by atoms with Gasteiger partial charge in [-0.1, -0.05) is 48.0 Å². The minimum Gasteiger partial charge on any atom is -0.351 e. The van der Waals surface area contributed by atoms with E-state index in [2.05, 4.69) is 49.8 Å². The second-order valence-corrected chi connectivity index (χ2v) is 8.41. The Bertz CT molecular complexity index is 991. The van der Waals surface area contributed by atoms with Crippen LogP contribution in [0.2, 0.25) is 5.02 Å². The summed E-state index contributed by atoms with van der Waals surface area (Å²) in [4.78, 5) is 16.3. The van der Waals surface area contributed by atoms with Crippen molar-refractivity contribution in [1.29, 1.82) is 0 Å². The van der Waals surface area contributed by atoms with Gasteiger partial charge in [0.15, 0.2) is 0 Å². The van der Waals surface area contributed by atoms with Gasteiger partial charge in [-0.2, -0.15) is 15.0 Å². The number of hydrogen-bond acceptors (Lipinski definition) is 6. The van der Waals surface area contributed by atoms with Crippen molar-refractivity contribution < 1.29 is 0 Å². The van der Waals surface area contributed by atoms with Crippen LogP contribution in [0.1, 0.15) is 29.5 Å². The number of aromatic nitrogens is 3. The SMILES string of the molecule is Clc1ccc(CNc2nc(NC3Cc4ccccc4C3)nc(N3CCCC3)n2)cc1. The van der Waals surface area contributed by atoms with E-state index in [0.717, 1.165) is 42.5 Å². The number of rotatable bonds is 6. The molecule has 6 nitrogen and oxygen atoms in total. The van der Waals surface area contributed by atoms with Crippen LogP contribution >= 0.6 is 11.6 Å². The summed E-state index contributed by atoms with van der Waals surface area (Å²) in [5.41, 5.74) is 3.94. The maximum absolute atomic E-state index is 5.99. The van der Waals surface area contributed by atoms with Gasteiger partial charge in [-0.05, 0) is 54.5 Å². The molecule has 30 heavy (non-hydrogen) atoms. The highest BCUT2D eigenvalue weighted by Gasteiger charge is 2.23. The minimum absolute atomic E-state index is 0.306. The highest BCUT2D eigenvalue weighted by Crippen LogP contribution is 2.25. The van der Waals surface area contributed by atoms with Gasteiger partial charge in [0, 0.05) is 30.7 Å². The third kappa shape index (κ3) is 4.33. The lowest BCUT2D eigenvalue weighted by Crippen LogP contribution is -2.25. The number of halogens is 1. The maximum atomic E-state index is 5.99. The number of anilines is 3. The molecule has 2 N–H and O–H groups in total. The molecule has 2 heterocycles. The molecule has 1 aliphatic carbocycles. The lowest BCUT2D eigenvalue weighted by Gasteiger charge is -2.19. The van der Waals surface area contributed by atoms with E-state index < -0.39 is 0 Å². The Labute approximate surface area is 181 Å². The molecule has 1 aliphatic heterocycles. The molecular formula is C23H25ClN6. The van der Waals surface area contributed by atoms with Gasteiger partial charge in [-0.25, -0.2) is 0 Å². The molecule has 5 rings (SSSR count). The third-order valence-electron chi connectivity index (χ3n) is 5.76. The molecular weight excluding hydrogens is 396 g/mol. The molecule has 0 saturated carbocycles. The van der Waals surface area contributed by atoms with E-state index in [1.165, 1.54) is 24.0 Å². The maximum Gasteiger partial charge on any atom is 0.231 e. The fourth-order valence-corrected chi connectivity index (χ4v) is 4.32. The van der Waals surface area contributed by atoms with Crippen molar-refractivity contribution in [3.63, 3.8) is 0 Å². The van der Waals surface area contributed by atoms with E-state index in [0.29, 0.717) is 24.5 Å². The van der Waals surface area contributed by atoms with Gasteiger partial charge in [0.2, 0.25) is 17.8 Å². The molecule has 0 radical (unpaired) electrons. The van der Waals surface area contributed by atoms with E-state index in [9.17, 15) is 0 Å². The van der Waals surface area contributed by atoms with Crippen LogP contribution in [-0.2, 0) is 19.4 Å². The summed E-state index contributed by atoms with van der Waals surface area (Å²) in [5.74, 6) is 1.99. The Balaban J connectivity index is 1.34. The van der Waals surface area contributed by atoms with Gasteiger partial charge in [0.25, 0.3) is 0 Å². The number of fused-ring (bicyclic) bond motifs is 1. The van der Waals surface area contributed by atoms with Crippen molar-refractivity contribution in [3.8, 4) is 0 Å². The lowest BCUT2D eigenvalue weighted by atomic mass is 10.1. The summed E-state index contributed by atoms with van der Waals surface area (Å²) >= 11 is 5.99. The van der Waals surface area contributed by atoms with Crippen LogP contribution in [0.3, 0.4) is 0 Å². The third-order valence-corrected chi connectivity index (χ3v) is 6.01. The van der Waals surface area contributed by atoms with Crippen LogP contribution < -0.4 is 15.5 Å². The molecule has 1 fully saturated rings. The van der Waals surface area contributed by atoms with Crippen molar-refractivity contribution in [2.75, 3.05) is 28.6 Å². The van der Waals surface area contributed by atoms with Crippen molar-refractivity contribution >= 4 is 29.4 Å². The smallest absolute Gasteiger partial charge is 0.231 e. The molecule has 154 valence electrons. The topological polar surface area (TPSA) is 66.0 Å². The zero-order chi connectivity index (χ0) is 20.3. The van der Waals surface area contributed by atoms with Crippen LogP contribution in [-0.4, -0.2) is 34.1 Å². The van der Waals surface area contributed by atoms with Crippen molar-refractivity contribution in [2.24, 2.45) is 0 Å². The number of nitrogens with zero attached hydrogens (tertiary/aromatic N) is 4. The Morgan fingerprint density at radius 1 is 0.867 bits per heavy atom. The van der Waals surface area contributed by atoms with Crippen LogP contribution in [0.5, 0.6) is 0 Å². The van der Waals surface area contributed by atoms with E-state index in [1.54, 1.807) is 0 Å². The molecule has 7 heteroatoms. The van der Waals surface area contributed by atoms with E-state index in [-0.39, 0.29) is 0 Å². The molecule has 0 bridgehead atoms. The van der Waals surface area contributed by atoms with Crippen molar-refractivity contribution in [1.82, 2.24) is 15.0 Å². The first kappa shape index (κ1) is 19.1. The van der Waals surface area contributed by atoms with Gasteiger partial charge in [-0.15, -0.1) is 0 Å². The van der Waals surface area contributed by atoms with Crippen molar-refractivity contribution in [2.45, 2.75) is 38.3 Å². The summed E-state index contributed by atoms with van der Waals surface area (Å²) in [6, 6.07) is 16.7. The van der Waals surface area contributed by atoms with Gasteiger partial charge < -0.3 is 15.5 Å². The molecule has 2 aromatic carbocycles. The van der Waals surface area contributed by atoms with E-state index >= 15 is 0 Å². The number of nitrogens with one attached hydrogen (secondary N) is 2. The molecule has 0 amide bonds. The van der Waals surface area contributed by atoms with Gasteiger partial charge in [-0.3, -0.25) is 0 Å². The van der Waals surface area contributed by atoms with Gasteiger partial charge >= 0.3 is 0 Å². The first-order chi connectivity index (χ1) is 14.7. The first-order valence-corrected chi connectivity index (χ1v) is 10.9. The number of benzene rings is 2. The summed E-state index contributed by atoms with van der Waals surface area (Å²) in [5, 5.41) is 7.64. The molecule has 0 unspecified atom stereocenters. The normalized spacial score (nSPS) is 16.0. The predicted molar refractivity (Wildman–Crippen MR) is 121 cm³/mol. The molecule has 0 atom stereocenters. The Kier molecular flexibility index (Phi) is 5.41. The highest BCUT2D eigenvalue weighted by molar-refractivity contribution is 6.30. The predicted octanol–water partition coefficient (Wildman–Crippen LogP) is 4.32. The minimum atomic E-state index is 0.306. The average Bonchev–Trinajstić information content (AvgIpc) is 3.43. The fraction of sp³-hybridized carbons (Fsp3) is 0.348. The highest BCUT2D eigenvalue weighted by atomic mass is 35.5. The number of hydrogen-bond donors (Lipinski definition) is 2. The summed E-state index contributed by atoms with van der Waals surface area (Å²) in [6.45, 7) is 2.62. The van der Waals surface area contributed by atoms with Crippen LogP contribution in [0.25, 0.3) is 0 Å². The zero-order valence-corrected chi connectivity index (χ0v) is 17.6. The van der Waals surface area contributed by atoms with Gasteiger partial charge in [0.05, 0.1) is 0 Å². The Hall–Kier alpha value is -2.86. The zero-order valence-electron chi connectivity index (χ0n) is 16.8. The monoisotopic (exact) mass is 420 g/mol. The molecule has 0 spiro atoms.